The maximum absolute atomic E-state index is 12.7. The van der Waals surface area contributed by atoms with Gasteiger partial charge < -0.3 is 5.32 Å². The third-order valence-electron chi connectivity index (χ3n) is 2.74. The number of carbonyl (C=O) groups is 1. The molecule has 4 heteroatoms. The lowest BCUT2D eigenvalue weighted by Gasteiger charge is -2.06. The van der Waals surface area contributed by atoms with Crippen molar-refractivity contribution in [1.29, 1.82) is 0 Å². The predicted molar refractivity (Wildman–Crippen MR) is 80.3 cm³/mol. The third-order valence-corrected chi connectivity index (χ3v) is 2.98. The number of amides is 1. The molecule has 1 N–H and O–H groups in total. The van der Waals surface area contributed by atoms with Crippen molar-refractivity contribution in [2.24, 2.45) is 0 Å². The highest BCUT2D eigenvalue weighted by atomic mass is 35.5. The Morgan fingerprint density at radius 2 is 1.90 bits per heavy atom. The van der Waals surface area contributed by atoms with Crippen LogP contribution in [0.3, 0.4) is 0 Å². The maximum Gasteiger partial charge on any atom is 0.248 e. The van der Waals surface area contributed by atoms with Gasteiger partial charge in [-0.25, -0.2) is 4.39 Å². The van der Waals surface area contributed by atoms with E-state index in [0.717, 1.165) is 11.1 Å². The van der Waals surface area contributed by atoms with Crippen molar-refractivity contribution in [1.82, 2.24) is 0 Å². The van der Waals surface area contributed by atoms with Crippen molar-refractivity contribution < 1.29 is 9.18 Å². The Kier molecular flexibility index (Phi) is 4.53. The van der Waals surface area contributed by atoms with Gasteiger partial charge in [0.2, 0.25) is 5.91 Å². The largest absolute Gasteiger partial charge is 0.322 e. The first-order valence-electron chi connectivity index (χ1n) is 6.05. The van der Waals surface area contributed by atoms with Crippen LogP contribution in [0, 0.1) is 12.7 Å². The molecule has 0 aliphatic heterocycles. The molecule has 0 bridgehead atoms. The lowest BCUT2D eigenvalue weighted by molar-refractivity contribution is -0.111. The number of nitrogens with one attached hydrogen (secondary N) is 1. The van der Waals surface area contributed by atoms with E-state index in [1.807, 2.05) is 6.92 Å². The summed E-state index contributed by atoms with van der Waals surface area (Å²) in [7, 11) is 0. The molecule has 102 valence electrons. The highest BCUT2D eigenvalue weighted by Crippen LogP contribution is 2.19. The van der Waals surface area contributed by atoms with E-state index in [1.54, 1.807) is 36.4 Å². The maximum atomic E-state index is 12.7. The van der Waals surface area contributed by atoms with E-state index in [1.165, 1.54) is 18.2 Å². The third kappa shape index (κ3) is 3.93. The summed E-state index contributed by atoms with van der Waals surface area (Å²) in [6, 6.07) is 11.1. The first-order valence-corrected chi connectivity index (χ1v) is 6.43. The molecule has 0 aliphatic rings. The summed E-state index contributed by atoms with van der Waals surface area (Å²) >= 11 is 5.85. The Labute approximate surface area is 121 Å². The Hall–Kier alpha value is -2.13. The van der Waals surface area contributed by atoms with Crippen LogP contribution in [0.4, 0.5) is 10.1 Å². The number of halogens is 2. The van der Waals surface area contributed by atoms with Gasteiger partial charge in [-0.15, -0.1) is 0 Å². The lowest BCUT2D eigenvalue weighted by atomic mass is 10.2. The van der Waals surface area contributed by atoms with Crippen LogP contribution in [0.25, 0.3) is 6.08 Å². The van der Waals surface area contributed by atoms with E-state index in [9.17, 15) is 9.18 Å². The molecule has 0 aliphatic carbocycles. The molecule has 20 heavy (non-hydrogen) atoms. The summed E-state index contributed by atoms with van der Waals surface area (Å²) in [6.45, 7) is 1.87. The smallest absolute Gasteiger partial charge is 0.248 e. The van der Waals surface area contributed by atoms with Gasteiger partial charge in [0.15, 0.2) is 0 Å². The second-order valence-corrected chi connectivity index (χ2v) is 4.77. The number of anilines is 1. The van der Waals surface area contributed by atoms with Crippen molar-refractivity contribution in [3.05, 3.63) is 70.5 Å². The van der Waals surface area contributed by atoms with E-state index < -0.39 is 0 Å². The SMILES string of the molecule is Cc1cc(Cl)ccc1NC(=O)/C=C/c1ccc(F)cc1. The number of rotatable bonds is 3. The quantitative estimate of drug-likeness (QED) is 0.832. The predicted octanol–water partition coefficient (Wildman–Crippen LogP) is 4.44. The minimum atomic E-state index is -0.302. The molecule has 2 aromatic carbocycles. The van der Waals surface area contributed by atoms with Gasteiger partial charge >= 0.3 is 0 Å². The fourth-order valence-corrected chi connectivity index (χ4v) is 1.91. The fraction of sp³-hybridized carbons (Fsp3) is 0.0625. The number of carbonyl (C=O) groups excluding carboxylic acids is 1. The van der Waals surface area contributed by atoms with Crippen molar-refractivity contribution in [2.45, 2.75) is 6.92 Å². The van der Waals surface area contributed by atoms with E-state index in [0.29, 0.717) is 10.7 Å². The van der Waals surface area contributed by atoms with Gasteiger partial charge in [0, 0.05) is 16.8 Å². The molecule has 0 aromatic heterocycles. The molecule has 2 aromatic rings. The molecule has 1 amide bonds. The molecule has 0 heterocycles. The van der Waals surface area contributed by atoms with Gasteiger partial charge in [-0.05, 0) is 54.5 Å². The first kappa shape index (κ1) is 14.3. The summed E-state index contributed by atoms with van der Waals surface area (Å²) in [5.74, 6) is -0.553. The Morgan fingerprint density at radius 3 is 2.55 bits per heavy atom. The van der Waals surface area contributed by atoms with Gasteiger partial charge in [0.1, 0.15) is 5.82 Å². The summed E-state index contributed by atoms with van der Waals surface area (Å²) in [6.07, 6.45) is 3.03. The zero-order chi connectivity index (χ0) is 14.5. The van der Waals surface area contributed by atoms with Crippen LogP contribution in [-0.2, 0) is 4.79 Å². The van der Waals surface area contributed by atoms with Crippen molar-refractivity contribution in [3.8, 4) is 0 Å². The van der Waals surface area contributed by atoms with Gasteiger partial charge in [0.05, 0.1) is 0 Å². The second kappa shape index (κ2) is 6.35. The normalized spacial score (nSPS) is 10.8. The molecule has 0 fully saturated rings. The van der Waals surface area contributed by atoms with Crippen molar-refractivity contribution in [2.75, 3.05) is 5.32 Å². The summed E-state index contributed by atoms with van der Waals surface area (Å²) in [5.41, 5.74) is 2.36. The molecule has 0 saturated carbocycles. The van der Waals surface area contributed by atoms with E-state index >= 15 is 0 Å². The topological polar surface area (TPSA) is 29.1 Å². The molecule has 0 spiro atoms. The molecule has 0 atom stereocenters. The van der Waals surface area contributed by atoms with Crippen molar-refractivity contribution in [3.63, 3.8) is 0 Å². The molecule has 0 unspecified atom stereocenters. The average Bonchev–Trinajstić information content (AvgIpc) is 2.41. The Balaban J connectivity index is 2.03. The lowest BCUT2D eigenvalue weighted by Crippen LogP contribution is -2.08. The first-order chi connectivity index (χ1) is 9.54. The molecular formula is C16H13ClFNO. The van der Waals surface area contributed by atoms with Gasteiger partial charge in [-0.2, -0.15) is 0 Å². The molecular weight excluding hydrogens is 277 g/mol. The number of hydrogen-bond donors (Lipinski definition) is 1. The zero-order valence-corrected chi connectivity index (χ0v) is 11.6. The van der Waals surface area contributed by atoms with E-state index in [4.69, 9.17) is 11.6 Å². The van der Waals surface area contributed by atoms with Gasteiger partial charge in [0.25, 0.3) is 0 Å². The minimum absolute atomic E-state index is 0.250. The highest BCUT2D eigenvalue weighted by Gasteiger charge is 2.02. The zero-order valence-electron chi connectivity index (χ0n) is 10.9. The molecule has 2 rings (SSSR count). The minimum Gasteiger partial charge on any atom is -0.322 e. The van der Waals surface area contributed by atoms with Crippen LogP contribution in [-0.4, -0.2) is 5.91 Å². The van der Waals surface area contributed by atoms with Crippen molar-refractivity contribution >= 4 is 29.3 Å². The summed E-state index contributed by atoms with van der Waals surface area (Å²) in [4.78, 5) is 11.8. The van der Waals surface area contributed by atoms with Crippen LogP contribution in [0.2, 0.25) is 5.02 Å². The van der Waals surface area contributed by atoms with Crippen LogP contribution in [0.1, 0.15) is 11.1 Å². The Morgan fingerprint density at radius 1 is 1.20 bits per heavy atom. The highest BCUT2D eigenvalue weighted by molar-refractivity contribution is 6.30. The summed E-state index contributed by atoms with van der Waals surface area (Å²) in [5, 5.41) is 3.39. The van der Waals surface area contributed by atoms with Gasteiger partial charge in [-0.3, -0.25) is 4.79 Å². The molecule has 0 saturated heterocycles. The molecule has 2 nitrogen and oxygen atoms in total. The Bertz CT molecular complexity index is 650. The second-order valence-electron chi connectivity index (χ2n) is 4.33. The van der Waals surface area contributed by atoms with Crippen LogP contribution in [0.15, 0.2) is 48.5 Å². The number of aryl methyl sites for hydroxylation is 1. The van der Waals surface area contributed by atoms with Crippen LogP contribution < -0.4 is 5.32 Å². The summed E-state index contributed by atoms with van der Waals surface area (Å²) < 4.78 is 12.7. The van der Waals surface area contributed by atoms with Gasteiger partial charge in [-0.1, -0.05) is 23.7 Å². The van der Waals surface area contributed by atoms with E-state index in [2.05, 4.69) is 5.32 Å². The van der Waals surface area contributed by atoms with Crippen LogP contribution in [0.5, 0.6) is 0 Å². The molecule has 0 radical (unpaired) electrons. The average molecular weight is 290 g/mol. The van der Waals surface area contributed by atoms with Crippen LogP contribution >= 0.6 is 11.6 Å². The fourth-order valence-electron chi connectivity index (χ4n) is 1.69. The standard InChI is InChI=1S/C16H13ClFNO/c1-11-10-13(17)5-8-15(11)19-16(20)9-4-12-2-6-14(18)7-3-12/h2-10H,1H3,(H,19,20)/b9-4+. The monoisotopic (exact) mass is 289 g/mol. The number of benzene rings is 2. The number of hydrogen-bond acceptors (Lipinski definition) is 1. The van der Waals surface area contributed by atoms with E-state index in [-0.39, 0.29) is 11.7 Å².